The SMILES string of the molecule is Cc1cc(C)c(OC[C@@H](O)CO)c(C)c1. The normalized spacial score (nSPS) is 12.6. The molecule has 0 heterocycles. The smallest absolute Gasteiger partial charge is 0.125 e. The molecule has 2 N–H and O–H groups in total. The molecule has 1 atom stereocenters. The molecule has 0 unspecified atom stereocenters. The maximum atomic E-state index is 9.18. The molecular formula is C12H18O3. The van der Waals surface area contributed by atoms with Crippen molar-refractivity contribution in [3.05, 3.63) is 28.8 Å². The van der Waals surface area contributed by atoms with Gasteiger partial charge in [0.25, 0.3) is 0 Å². The molecule has 15 heavy (non-hydrogen) atoms. The second kappa shape index (κ2) is 5.14. The average molecular weight is 210 g/mol. The summed E-state index contributed by atoms with van der Waals surface area (Å²) in [7, 11) is 0. The van der Waals surface area contributed by atoms with Gasteiger partial charge in [0.2, 0.25) is 0 Å². The first-order chi connectivity index (χ1) is 7.04. The van der Waals surface area contributed by atoms with Crippen LogP contribution in [0.3, 0.4) is 0 Å². The second-order valence-electron chi connectivity index (χ2n) is 3.88. The van der Waals surface area contributed by atoms with Crippen molar-refractivity contribution in [3.63, 3.8) is 0 Å². The van der Waals surface area contributed by atoms with Gasteiger partial charge in [0.1, 0.15) is 18.5 Å². The highest BCUT2D eigenvalue weighted by Crippen LogP contribution is 2.24. The maximum absolute atomic E-state index is 9.18. The van der Waals surface area contributed by atoms with Crippen molar-refractivity contribution >= 4 is 0 Å². The van der Waals surface area contributed by atoms with Crippen molar-refractivity contribution in [3.8, 4) is 5.75 Å². The van der Waals surface area contributed by atoms with Crippen molar-refractivity contribution in [1.82, 2.24) is 0 Å². The zero-order valence-corrected chi connectivity index (χ0v) is 9.45. The lowest BCUT2D eigenvalue weighted by Crippen LogP contribution is -2.21. The van der Waals surface area contributed by atoms with Crippen LogP contribution in [0.1, 0.15) is 16.7 Å². The fourth-order valence-electron chi connectivity index (χ4n) is 1.63. The molecular weight excluding hydrogens is 192 g/mol. The molecule has 0 amide bonds. The van der Waals surface area contributed by atoms with Crippen LogP contribution in [-0.4, -0.2) is 29.5 Å². The molecule has 84 valence electrons. The predicted molar refractivity (Wildman–Crippen MR) is 59.2 cm³/mol. The first-order valence-corrected chi connectivity index (χ1v) is 5.04. The third-order valence-corrected chi connectivity index (χ3v) is 2.24. The molecule has 0 radical (unpaired) electrons. The Morgan fingerprint density at radius 1 is 1.20 bits per heavy atom. The van der Waals surface area contributed by atoms with Gasteiger partial charge in [0.15, 0.2) is 0 Å². The molecule has 0 aliphatic rings. The van der Waals surface area contributed by atoms with Crippen molar-refractivity contribution < 1.29 is 14.9 Å². The summed E-state index contributed by atoms with van der Waals surface area (Å²) in [5.74, 6) is 0.799. The molecule has 3 nitrogen and oxygen atoms in total. The minimum atomic E-state index is -0.815. The molecule has 0 saturated heterocycles. The standard InChI is InChI=1S/C12H18O3/c1-8-4-9(2)12(10(3)5-8)15-7-11(14)6-13/h4-5,11,13-14H,6-7H2,1-3H3/t11-/m0/s1. The van der Waals surface area contributed by atoms with Crippen LogP contribution in [0.25, 0.3) is 0 Å². The van der Waals surface area contributed by atoms with Gasteiger partial charge in [0, 0.05) is 0 Å². The molecule has 0 aliphatic carbocycles. The molecule has 0 aromatic heterocycles. The number of ether oxygens (including phenoxy) is 1. The largest absolute Gasteiger partial charge is 0.490 e. The Morgan fingerprint density at radius 3 is 2.20 bits per heavy atom. The van der Waals surface area contributed by atoms with E-state index < -0.39 is 6.10 Å². The van der Waals surface area contributed by atoms with Crippen LogP contribution in [-0.2, 0) is 0 Å². The lowest BCUT2D eigenvalue weighted by Gasteiger charge is -2.14. The Hall–Kier alpha value is -1.06. The molecule has 3 heteroatoms. The van der Waals surface area contributed by atoms with Crippen LogP contribution in [0.2, 0.25) is 0 Å². The Morgan fingerprint density at radius 2 is 1.73 bits per heavy atom. The van der Waals surface area contributed by atoms with Gasteiger partial charge in [-0.25, -0.2) is 0 Å². The Kier molecular flexibility index (Phi) is 4.12. The van der Waals surface area contributed by atoms with E-state index >= 15 is 0 Å². The van der Waals surface area contributed by atoms with E-state index in [0.29, 0.717) is 0 Å². The van der Waals surface area contributed by atoms with Gasteiger partial charge >= 0.3 is 0 Å². The van der Waals surface area contributed by atoms with Crippen molar-refractivity contribution in [2.24, 2.45) is 0 Å². The van der Waals surface area contributed by atoms with Gasteiger partial charge in [-0.1, -0.05) is 17.7 Å². The number of benzene rings is 1. The van der Waals surface area contributed by atoms with E-state index in [0.717, 1.165) is 16.9 Å². The monoisotopic (exact) mass is 210 g/mol. The summed E-state index contributed by atoms with van der Waals surface area (Å²) < 4.78 is 5.47. The maximum Gasteiger partial charge on any atom is 0.125 e. The number of hydrogen-bond donors (Lipinski definition) is 2. The average Bonchev–Trinajstić information content (AvgIpc) is 2.15. The third kappa shape index (κ3) is 3.22. The van der Waals surface area contributed by atoms with Crippen LogP contribution in [0.15, 0.2) is 12.1 Å². The van der Waals surface area contributed by atoms with E-state index in [2.05, 4.69) is 0 Å². The van der Waals surface area contributed by atoms with Crippen LogP contribution in [0.4, 0.5) is 0 Å². The minimum Gasteiger partial charge on any atom is -0.490 e. The van der Waals surface area contributed by atoms with Gasteiger partial charge in [-0.05, 0) is 31.9 Å². The van der Waals surface area contributed by atoms with E-state index in [1.54, 1.807) is 0 Å². The topological polar surface area (TPSA) is 49.7 Å². The predicted octanol–water partition coefficient (Wildman–Crippen LogP) is 1.34. The summed E-state index contributed by atoms with van der Waals surface area (Å²) in [5.41, 5.74) is 3.30. The lowest BCUT2D eigenvalue weighted by molar-refractivity contribution is 0.0532. The summed E-state index contributed by atoms with van der Waals surface area (Å²) in [6, 6.07) is 4.07. The molecule has 0 fully saturated rings. The van der Waals surface area contributed by atoms with E-state index in [4.69, 9.17) is 9.84 Å². The number of aliphatic hydroxyl groups excluding tert-OH is 2. The fourth-order valence-corrected chi connectivity index (χ4v) is 1.63. The highest BCUT2D eigenvalue weighted by atomic mass is 16.5. The van der Waals surface area contributed by atoms with E-state index in [1.807, 2.05) is 32.9 Å². The van der Waals surface area contributed by atoms with Crippen LogP contribution in [0.5, 0.6) is 5.75 Å². The minimum absolute atomic E-state index is 0.126. The van der Waals surface area contributed by atoms with Gasteiger partial charge in [-0.15, -0.1) is 0 Å². The van der Waals surface area contributed by atoms with Gasteiger partial charge in [0.05, 0.1) is 6.61 Å². The van der Waals surface area contributed by atoms with Crippen molar-refractivity contribution in [2.45, 2.75) is 26.9 Å². The quantitative estimate of drug-likeness (QED) is 0.788. The lowest BCUT2D eigenvalue weighted by atomic mass is 10.1. The fraction of sp³-hybridized carbons (Fsp3) is 0.500. The zero-order chi connectivity index (χ0) is 11.4. The van der Waals surface area contributed by atoms with Crippen LogP contribution < -0.4 is 4.74 Å². The molecule has 0 saturated carbocycles. The summed E-state index contributed by atoms with van der Waals surface area (Å²) in [4.78, 5) is 0. The molecule has 0 spiro atoms. The van der Waals surface area contributed by atoms with Crippen LogP contribution >= 0.6 is 0 Å². The van der Waals surface area contributed by atoms with Crippen molar-refractivity contribution in [2.75, 3.05) is 13.2 Å². The molecule has 1 rings (SSSR count). The second-order valence-corrected chi connectivity index (χ2v) is 3.88. The van der Waals surface area contributed by atoms with E-state index in [9.17, 15) is 5.11 Å². The van der Waals surface area contributed by atoms with Gasteiger partial charge in [-0.3, -0.25) is 0 Å². The number of aryl methyl sites for hydroxylation is 3. The molecule has 1 aromatic rings. The van der Waals surface area contributed by atoms with Crippen molar-refractivity contribution in [1.29, 1.82) is 0 Å². The Bertz CT molecular complexity index is 311. The Labute approximate surface area is 90.3 Å². The highest BCUT2D eigenvalue weighted by Gasteiger charge is 2.08. The number of aliphatic hydroxyl groups is 2. The third-order valence-electron chi connectivity index (χ3n) is 2.24. The number of hydrogen-bond acceptors (Lipinski definition) is 3. The van der Waals surface area contributed by atoms with Gasteiger partial charge < -0.3 is 14.9 Å². The van der Waals surface area contributed by atoms with Gasteiger partial charge in [-0.2, -0.15) is 0 Å². The highest BCUT2D eigenvalue weighted by molar-refractivity contribution is 5.42. The molecule has 0 aliphatic heterocycles. The molecule has 0 bridgehead atoms. The first-order valence-electron chi connectivity index (χ1n) is 5.04. The molecule has 1 aromatic carbocycles. The zero-order valence-electron chi connectivity index (χ0n) is 9.45. The van der Waals surface area contributed by atoms with Crippen LogP contribution in [0, 0.1) is 20.8 Å². The summed E-state index contributed by atoms with van der Waals surface area (Å²) in [6.07, 6.45) is -0.815. The Balaban J connectivity index is 2.77. The summed E-state index contributed by atoms with van der Waals surface area (Å²) in [5, 5.41) is 17.8. The summed E-state index contributed by atoms with van der Waals surface area (Å²) >= 11 is 0. The van der Waals surface area contributed by atoms with E-state index in [1.165, 1.54) is 5.56 Å². The summed E-state index contributed by atoms with van der Waals surface area (Å²) in [6.45, 7) is 5.83. The first kappa shape index (κ1) is 12.0. The van der Waals surface area contributed by atoms with E-state index in [-0.39, 0.29) is 13.2 Å². The number of rotatable bonds is 4.